The van der Waals surface area contributed by atoms with E-state index in [1.54, 1.807) is 16.8 Å². The molecule has 0 radical (unpaired) electrons. The van der Waals surface area contributed by atoms with Crippen LogP contribution in [-0.2, 0) is 13.6 Å². The highest BCUT2D eigenvalue weighted by Gasteiger charge is 2.31. The van der Waals surface area contributed by atoms with Crippen LogP contribution < -0.4 is 0 Å². The summed E-state index contributed by atoms with van der Waals surface area (Å²) in [6.45, 7) is 1.23. The second-order valence-corrected chi connectivity index (χ2v) is 5.86. The molecule has 0 spiro atoms. The van der Waals surface area contributed by atoms with Crippen LogP contribution >= 0.6 is 0 Å². The van der Waals surface area contributed by atoms with Crippen molar-refractivity contribution in [1.82, 2.24) is 14.7 Å². The summed E-state index contributed by atoms with van der Waals surface area (Å²) >= 11 is 0. The molecule has 1 atom stereocenters. The van der Waals surface area contributed by atoms with Gasteiger partial charge in [0, 0.05) is 32.3 Å². The van der Waals surface area contributed by atoms with E-state index in [0.717, 1.165) is 5.56 Å². The molecular formula is C18H17N3O2. The average Bonchev–Trinajstić information content (AvgIpc) is 3.24. The van der Waals surface area contributed by atoms with Gasteiger partial charge < -0.3 is 9.32 Å². The number of furan rings is 1. The molecule has 0 saturated heterocycles. The van der Waals surface area contributed by atoms with Crippen LogP contribution in [0.1, 0.15) is 33.2 Å². The predicted octanol–water partition coefficient (Wildman–Crippen LogP) is 2.80. The van der Waals surface area contributed by atoms with E-state index in [9.17, 15) is 4.79 Å². The summed E-state index contributed by atoms with van der Waals surface area (Å²) in [5.41, 5.74) is 3.56. The summed E-state index contributed by atoms with van der Waals surface area (Å²) in [6, 6.07) is 11.7. The molecule has 1 aliphatic heterocycles. The zero-order valence-corrected chi connectivity index (χ0v) is 12.8. The normalized spacial score (nSPS) is 17.1. The smallest absolute Gasteiger partial charge is 0.289 e. The first-order valence-electron chi connectivity index (χ1n) is 7.61. The summed E-state index contributed by atoms with van der Waals surface area (Å²) < 4.78 is 7.07. The van der Waals surface area contributed by atoms with E-state index in [-0.39, 0.29) is 11.8 Å². The van der Waals surface area contributed by atoms with Gasteiger partial charge in [0.05, 0.1) is 12.5 Å². The van der Waals surface area contributed by atoms with Crippen LogP contribution in [0.15, 0.2) is 59.5 Å². The van der Waals surface area contributed by atoms with Crippen LogP contribution in [0.4, 0.5) is 0 Å². The molecule has 0 aliphatic carbocycles. The number of hydrogen-bond donors (Lipinski definition) is 0. The molecule has 0 unspecified atom stereocenters. The number of aromatic nitrogens is 2. The maximum Gasteiger partial charge on any atom is 0.289 e. The summed E-state index contributed by atoms with van der Waals surface area (Å²) in [5, 5.41) is 4.28. The second-order valence-electron chi connectivity index (χ2n) is 5.86. The summed E-state index contributed by atoms with van der Waals surface area (Å²) in [5.74, 6) is 0.445. The quantitative estimate of drug-likeness (QED) is 0.731. The summed E-state index contributed by atoms with van der Waals surface area (Å²) in [7, 11) is 1.91. The second kappa shape index (κ2) is 5.43. The molecule has 116 valence electrons. The molecule has 0 bridgehead atoms. The molecule has 1 aromatic carbocycles. The minimum absolute atomic E-state index is 0.0709. The maximum absolute atomic E-state index is 12.7. The van der Waals surface area contributed by atoms with Crippen LogP contribution in [0.2, 0.25) is 0 Å². The number of carbonyl (C=O) groups is 1. The third-order valence-electron chi connectivity index (χ3n) is 4.34. The Labute approximate surface area is 134 Å². The average molecular weight is 307 g/mol. The molecular weight excluding hydrogens is 290 g/mol. The predicted molar refractivity (Wildman–Crippen MR) is 84.9 cm³/mol. The third-order valence-corrected chi connectivity index (χ3v) is 4.34. The van der Waals surface area contributed by atoms with Crippen molar-refractivity contribution in [3.05, 3.63) is 77.5 Å². The SMILES string of the molecule is Cn1cc([C@H]2CN(C(=O)c3ccco3)Cc3ccccc32)cn1. The minimum atomic E-state index is -0.0709. The molecule has 4 rings (SSSR count). The van der Waals surface area contributed by atoms with Gasteiger partial charge in [-0.05, 0) is 28.8 Å². The van der Waals surface area contributed by atoms with E-state index < -0.39 is 0 Å². The van der Waals surface area contributed by atoms with Crippen molar-refractivity contribution in [2.24, 2.45) is 7.05 Å². The van der Waals surface area contributed by atoms with Crippen molar-refractivity contribution in [2.75, 3.05) is 6.54 Å². The minimum Gasteiger partial charge on any atom is -0.459 e. The van der Waals surface area contributed by atoms with Gasteiger partial charge in [0.1, 0.15) is 0 Å². The van der Waals surface area contributed by atoms with Crippen molar-refractivity contribution >= 4 is 5.91 Å². The molecule has 2 aromatic heterocycles. The van der Waals surface area contributed by atoms with Gasteiger partial charge in [0.2, 0.25) is 0 Å². The Morgan fingerprint density at radius 3 is 2.87 bits per heavy atom. The van der Waals surface area contributed by atoms with Crippen molar-refractivity contribution in [3.63, 3.8) is 0 Å². The Balaban J connectivity index is 1.72. The van der Waals surface area contributed by atoms with Gasteiger partial charge in [-0.15, -0.1) is 0 Å². The lowest BCUT2D eigenvalue weighted by Crippen LogP contribution is -2.38. The van der Waals surface area contributed by atoms with Gasteiger partial charge in [-0.3, -0.25) is 9.48 Å². The highest BCUT2D eigenvalue weighted by atomic mass is 16.3. The molecule has 23 heavy (non-hydrogen) atoms. The lowest BCUT2D eigenvalue weighted by molar-refractivity contribution is 0.0692. The van der Waals surface area contributed by atoms with E-state index in [1.807, 2.05) is 36.5 Å². The summed E-state index contributed by atoms with van der Waals surface area (Å²) in [6.07, 6.45) is 5.42. The number of benzene rings is 1. The molecule has 3 heterocycles. The highest BCUT2D eigenvalue weighted by molar-refractivity contribution is 5.91. The standard InChI is InChI=1S/C18H17N3O2/c1-20-10-14(9-19-20)16-12-21(18(22)17-7-4-8-23-17)11-13-5-2-3-6-15(13)16/h2-10,16H,11-12H2,1H3/t16-/m1/s1. The number of carbonyl (C=O) groups excluding carboxylic acids is 1. The van der Waals surface area contributed by atoms with Crippen LogP contribution in [0.3, 0.4) is 0 Å². The van der Waals surface area contributed by atoms with Gasteiger partial charge in [-0.1, -0.05) is 24.3 Å². The first-order chi connectivity index (χ1) is 11.2. The van der Waals surface area contributed by atoms with Crippen molar-refractivity contribution in [1.29, 1.82) is 0 Å². The maximum atomic E-state index is 12.7. The fourth-order valence-electron chi connectivity index (χ4n) is 3.22. The molecule has 5 nitrogen and oxygen atoms in total. The Hall–Kier alpha value is -2.82. The van der Waals surface area contributed by atoms with Crippen LogP contribution in [0.5, 0.6) is 0 Å². The van der Waals surface area contributed by atoms with Gasteiger partial charge >= 0.3 is 0 Å². The molecule has 1 amide bonds. The third kappa shape index (κ3) is 2.44. The van der Waals surface area contributed by atoms with Crippen molar-refractivity contribution < 1.29 is 9.21 Å². The van der Waals surface area contributed by atoms with Crippen LogP contribution in [-0.4, -0.2) is 27.1 Å². The topological polar surface area (TPSA) is 51.3 Å². The number of rotatable bonds is 2. The fraction of sp³-hybridized carbons (Fsp3) is 0.222. The first kappa shape index (κ1) is 13.8. The van der Waals surface area contributed by atoms with Crippen LogP contribution in [0, 0.1) is 0 Å². The fourth-order valence-corrected chi connectivity index (χ4v) is 3.22. The molecule has 1 aliphatic rings. The van der Waals surface area contributed by atoms with Crippen molar-refractivity contribution in [3.8, 4) is 0 Å². The van der Waals surface area contributed by atoms with E-state index in [2.05, 4.69) is 17.2 Å². The first-order valence-corrected chi connectivity index (χ1v) is 7.61. The number of nitrogens with zero attached hydrogens (tertiary/aromatic N) is 3. The lowest BCUT2D eigenvalue weighted by atomic mass is 9.86. The summed E-state index contributed by atoms with van der Waals surface area (Å²) in [4.78, 5) is 14.5. The zero-order chi connectivity index (χ0) is 15.8. The number of aryl methyl sites for hydroxylation is 1. The number of hydrogen-bond acceptors (Lipinski definition) is 3. The monoisotopic (exact) mass is 307 g/mol. The molecule has 3 aromatic rings. The highest BCUT2D eigenvalue weighted by Crippen LogP contribution is 2.33. The molecule has 5 heteroatoms. The zero-order valence-electron chi connectivity index (χ0n) is 12.8. The van der Waals surface area contributed by atoms with Gasteiger partial charge in [0.25, 0.3) is 5.91 Å². The van der Waals surface area contributed by atoms with Gasteiger partial charge in [0.15, 0.2) is 5.76 Å². The van der Waals surface area contributed by atoms with Gasteiger partial charge in [-0.2, -0.15) is 5.10 Å². The Morgan fingerprint density at radius 2 is 2.13 bits per heavy atom. The number of amides is 1. The van der Waals surface area contributed by atoms with Crippen molar-refractivity contribution in [2.45, 2.75) is 12.5 Å². The van der Waals surface area contributed by atoms with E-state index in [1.165, 1.54) is 17.4 Å². The van der Waals surface area contributed by atoms with Crippen LogP contribution in [0.25, 0.3) is 0 Å². The molecule has 0 saturated carbocycles. The largest absolute Gasteiger partial charge is 0.459 e. The lowest BCUT2D eigenvalue weighted by Gasteiger charge is -2.34. The Kier molecular flexibility index (Phi) is 3.26. The van der Waals surface area contributed by atoms with Gasteiger partial charge in [-0.25, -0.2) is 0 Å². The molecule has 0 N–H and O–H groups in total. The Morgan fingerprint density at radius 1 is 1.26 bits per heavy atom. The molecule has 0 fully saturated rings. The number of fused-ring (bicyclic) bond motifs is 1. The van der Waals surface area contributed by atoms with E-state index in [4.69, 9.17) is 4.42 Å². The van der Waals surface area contributed by atoms with E-state index in [0.29, 0.717) is 18.8 Å². The van der Waals surface area contributed by atoms with E-state index >= 15 is 0 Å². The Bertz CT molecular complexity index is 836.